The van der Waals surface area contributed by atoms with Gasteiger partial charge in [0.1, 0.15) is 0 Å². The van der Waals surface area contributed by atoms with Gasteiger partial charge in [0.2, 0.25) is 0 Å². The quantitative estimate of drug-likeness (QED) is 0.741. The summed E-state index contributed by atoms with van der Waals surface area (Å²) in [6.45, 7) is 4.29. The molecule has 1 saturated carbocycles. The highest BCUT2D eigenvalue weighted by Crippen LogP contribution is 2.42. The van der Waals surface area contributed by atoms with Gasteiger partial charge >= 0.3 is 0 Å². The van der Waals surface area contributed by atoms with E-state index < -0.39 is 5.60 Å². The number of anilines is 1. The Morgan fingerprint density at radius 1 is 1.29 bits per heavy atom. The molecule has 24 heavy (non-hydrogen) atoms. The fourth-order valence-electron chi connectivity index (χ4n) is 5.05. The van der Waals surface area contributed by atoms with Crippen LogP contribution in [0, 0.1) is 5.92 Å². The number of rotatable bonds is 4. The Morgan fingerprint density at radius 3 is 3.08 bits per heavy atom. The van der Waals surface area contributed by atoms with Crippen LogP contribution >= 0.6 is 0 Å². The zero-order valence-electron chi connectivity index (χ0n) is 14.7. The van der Waals surface area contributed by atoms with Gasteiger partial charge in [-0.15, -0.1) is 0 Å². The number of para-hydroxylation sites is 1. The average Bonchev–Trinajstić information content (AvgIpc) is 2.93. The van der Waals surface area contributed by atoms with Crippen LogP contribution in [-0.2, 0) is 5.41 Å². The first-order valence-electron chi connectivity index (χ1n) is 9.58. The molecule has 3 heteroatoms. The molecule has 1 aromatic carbocycles. The minimum absolute atomic E-state index is 0.116. The summed E-state index contributed by atoms with van der Waals surface area (Å²) in [6.07, 6.45) is 11.2. The predicted molar refractivity (Wildman–Crippen MR) is 99.4 cm³/mol. The molecule has 2 aliphatic carbocycles. The lowest BCUT2D eigenvalue weighted by Crippen LogP contribution is -2.57. The highest BCUT2D eigenvalue weighted by atomic mass is 16.3. The van der Waals surface area contributed by atoms with Crippen molar-refractivity contribution in [3.05, 3.63) is 42.0 Å². The van der Waals surface area contributed by atoms with Crippen molar-refractivity contribution in [3.63, 3.8) is 0 Å². The van der Waals surface area contributed by atoms with Crippen LogP contribution in [0.4, 0.5) is 5.69 Å². The lowest BCUT2D eigenvalue weighted by Gasteiger charge is -2.47. The maximum atomic E-state index is 11.2. The molecule has 4 rings (SSSR count). The van der Waals surface area contributed by atoms with Crippen LogP contribution in [0.15, 0.2) is 36.4 Å². The molecule has 4 atom stereocenters. The largest absolute Gasteiger partial charge is 0.388 e. The lowest BCUT2D eigenvalue weighted by molar-refractivity contribution is -0.0695. The third kappa shape index (κ3) is 2.68. The molecule has 1 aromatic rings. The second-order valence-electron chi connectivity index (χ2n) is 8.24. The Balaban J connectivity index is 1.41. The first-order chi connectivity index (χ1) is 11.6. The van der Waals surface area contributed by atoms with E-state index in [9.17, 15) is 5.11 Å². The Bertz CT molecular complexity index is 628. The molecule has 3 nitrogen and oxygen atoms in total. The normalized spacial score (nSPS) is 37.6. The van der Waals surface area contributed by atoms with Crippen molar-refractivity contribution < 1.29 is 5.11 Å². The number of nitrogens with one attached hydrogen (secondary N) is 2. The van der Waals surface area contributed by atoms with Crippen LogP contribution in [0.5, 0.6) is 0 Å². The molecule has 3 N–H and O–H groups in total. The van der Waals surface area contributed by atoms with Crippen LogP contribution in [0.25, 0.3) is 0 Å². The summed E-state index contributed by atoms with van der Waals surface area (Å²) in [6, 6.07) is 8.77. The summed E-state index contributed by atoms with van der Waals surface area (Å²) in [5.41, 5.74) is 2.36. The summed E-state index contributed by atoms with van der Waals surface area (Å²) in [4.78, 5) is 0. The molecule has 130 valence electrons. The van der Waals surface area contributed by atoms with Gasteiger partial charge in [0.15, 0.2) is 0 Å². The monoisotopic (exact) mass is 326 g/mol. The van der Waals surface area contributed by atoms with E-state index in [0.717, 1.165) is 38.8 Å². The van der Waals surface area contributed by atoms with Gasteiger partial charge in [0, 0.05) is 17.6 Å². The van der Waals surface area contributed by atoms with Crippen molar-refractivity contribution in [1.29, 1.82) is 0 Å². The van der Waals surface area contributed by atoms with E-state index >= 15 is 0 Å². The molecule has 1 fully saturated rings. The van der Waals surface area contributed by atoms with E-state index in [-0.39, 0.29) is 11.5 Å². The average molecular weight is 326 g/mol. The van der Waals surface area contributed by atoms with Crippen molar-refractivity contribution in [2.24, 2.45) is 5.92 Å². The van der Waals surface area contributed by atoms with Gasteiger partial charge in [0.25, 0.3) is 0 Å². The van der Waals surface area contributed by atoms with E-state index in [2.05, 4.69) is 54.0 Å². The zero-order chi connectivity index (χ0) is 16.6. The number of benzene rings is 1. The van der Waals surface area contributed by atoms with Crippen molar-refractivity contribution in [2.45, 2.75) is 62.5 Å². The highest BCUT2D eigenvalue weighted by Gasteiger charge is 2.45. The molecular weight excluding hydrogens is 296 g/mol. The molecule has 0 aromatic heterocycles. The van der Waals surface area contributed by atoms with Crippen LogP contribution in [0.1, 0.15) is 51.0 Å². The standard InChI is InChI=1S/C21H30N2O/c1-20(15-23-18-10-3-2-9-17(18)20)13-14-22-19-11-6-8-16-7-4-5-12-21(16,19)24/h2-3,6,9-11,16,19,22-24H,4-5,7-8,12-15H2,1H3. The van der Waals surface area contributed by atoms with Gasteiger partial charge in [-0.2, -0.15) is 0 Å². The third-order valence-corrected chi connectivity index (χ3v) is 6.66. The van der Waals surface area contributed by atoms with Gasteiger partial charge in [-0.1, -0.05) is 50.1 Å². The number of allylic oxidation sites excluding steroid dienone is 1. The smallest absolute Gasteiger partial charge is 0.0866 e. The Hall–Kier alpha value is -1.32. The molecule has 0 radical (unpaired) electrons. The van der Waals surface area contributed by atoms with Gasteiger partial charge in [-0.05, 0) is 49.8 Å². The van der Waals surface area contributed by atoms with Gasteiger partial charge in [-0.3, -0.25) is 0 Å². The van der Waals surface area contributed by atoms with E-state index in [1.54, 1.807) is 0 Å². The SMILES string of the molecule is CC1(CCNC2C=CCC3CCCCC32O)CNc2ccccc21. The van der Waals surface area contributed by atoms with E-state index in [1.165, 1.54) is 24.1 Å². The molecule has 0 amide bonds. The fourth-order valence-corrected chi connectivity index (χ4v) is 5.05. The number of hydrogen-bond acceptors (Lipinski definition) is 3. The van der Waals surface area contributed by atoms with Crippen LogP contribution < -0.4 is 10.6 Å². The van der Waals surface area contributed by atoms with Crippen molar-refractivity contribution in [1.82, 2.24) is 5.32 Å². The van der Waals surface area contributed by atoms with Crippen molar-refractivity contribution in [2.75, 3.05) is 18.4 Å². The summed E-state index contributed by atoms with van der Waals surface area (Å²) in [5.74, 6) is 0.443. The number of hydrogen-bond donors (Lipinski definition) is 3. The van der Waals surface area contributed by atoms with Gasteiger partial charge in [0.05, 0.1) is 11.6 Å². The maximum absolute atomic E-state index is 11.2. The maximum Gasteiger partial charge on any atom is 0.0866 e. The predicted octanol–water partition coefficient (Wildman–Crippen LogP) is 3.60. The Kier molecular flexibility index (Phi) is 4.17. The molecule has 1 heterocycles. The summed E-state index contributed by atoms with van der Waals surface area (Å²) in [7, 11) is 0. The zero-order valence-corrected chi connectivity index (χ0v) is 14.7. The molecule has 3 aliphatic rings. The first-order valence-corrected chi connectivity index (χ1v) is 9.58. The van der Waals surface area contributed by atoms with Crippen LogP contribution in [0.2, 0.25) is 0 Å². The molecule has 0 spiro atoms. The Labute approximate surface area is 145 Å². The van der Waals surface area contributed by atoms with Crippen molar-refractivity contribution in [3.8, 4) is 0 Å². The van der Waals surface area contributed by atoms with Gasteiger partial charge < -0.3 is 15.7 Å². The molecule has 1 aliphatic heterocycles. The second kappa shape index (κ2) is 6.20. The molecule has 0 bridgehead atoms. The van der Waals surface area contributed by atoms with Crippen LogP contribution in [-0.4, -0.2) is 29.8 Å². The molecule has 0 saturated heterocycles. The van der Waals surface area contributed by atoms with Crippen molar-refractivity contribution >= 4 is 5.69 Å². The summed E-state index contributed by atoms with van der Waals surface area (Å²) in [5, 5.41) is 18.5. The molecular formula is C21H30N2O. The fraction of sp³-hybridized carbons (Fsp3) is 0.619. The van der Waals surface area contributed by atoms with Gasteiger partial charge in [-0.25, -0.2) is 0 Å². The minimum Gasteiger partial charge on any atom is -0.388 e. The lowest BCUT2D eigenvalue weighted by atomic mass is 9.67. The second-order valence-corrected chi connectivity index (χ2v) is 8.24. The molecule has 4 unspecified atom stereocenters. The number of fused-ring (bicyclic) bond motifs is 2. The van der Waals surface area contributed by atoms with E-state index in [0.29, 0.717) is 5.92 Å². The third-order valence-electron chi connectivity index (χ3n) is 6.66. The van der Waals surface area contributed by atoms with Crippen LogP contribution in [0.3, 0.4) is 0 Å². The summed E-state index contributed by atoms with van der Waals surface area (Å²) >= 11 is 0. The van der Waals surface area contributed by atoms with E-state index in [1.807, 2.05) is 0 Å². The minimum atomic E-state index is -0.528. The highest BCUT2D eigenvalue weighted by molar-refractivity contribution is 5.59. The Morgan fingerprint density at radius 2 is 2.17 bits per heavy atom. The summed E-state index contributed by atoms with van der Waals surface area (Å²) < 4.78 is 0. The van der Waals surface area contributed by atoms with E-state index in [4.69, 9.17) is 0 Å². The first kappa shape index (κ1) is 16.2. The number of aliphatic hydroxyl groups is 1. The topological polar surface area (TPSA) is 44.3 Å².